The standard InChI is InChI=1S/C13H20N4O/c1-16(2)13(10(14)7-18)9-4-5-12-11(6-9)15-8-17(12)3/h4-6,8,10,13,18H,7,14H2,1-3H3. The van der Waals surface area contributed by atoms with Gasteiger partial charge >= 0.3 is 0 Å². The van der Waals surface area contributed by atoms with E-state index in [-0.39, 0.29) is 18.7 Å². The maximum Gasteiger partial charge on any atom is 0.0955 e. The molecule has 1 aromatic heterocycles. The second-order valence-electron chi connectivity index (χ2n) is 4.86. The van der Waals surface area contributed by atoms with Crippen molar-refractivity contribution >= 4 is 11.0 Å². The van der Waals surface area contributed by atoms with Crippen molar-refractivity contribution in [3.8, 4) is 0 Å². The first-order valence-corrected chi connectivity index (χ1v) is 5.98. The van der Waals surface area contributed by atoms with E-state index in [1.165, 1.54) is 0 Å². The molecule has 0 radical (unpaired) electrons. The van der Waals surface area contributed by atoms with Gasteiger partial charge in [0.05, 0.1) is 30.0 Å². The lowest BCUT2D eigenvalue weighted by molar-refractivity contribution is 0.181. The van der Waals surface area contributed by atoms with Gasteiger partial charge in [-0.3, -0.25) is 0 Å². The molecule has 3 N–H and O–H groups in total. The largest absolute Gasteiger partial charge is 0.395 e. The number of nitrogens with zero attached hydrogens (tertiary/aromatic N) is 3. The number of likely N-dealkylation sites (N-methyl/N-ethyl adjacent to an activating group) is 1. The fourth-order valence-electron chi connectivity index (χ4n) is 2.37. The SMILES string of the molecule is CN(C)C(c1ccc2c(c1)ncn2C)C(N)CO. The molecule has 2 aromatic rings. The number of hydrogen-bond acceptors (Lipinski definition) is 4. The van der Waals surface area contributed by atoms with E-state index in [1.54, 1.807) is 6.33 Å². The number of benzene rings is 1. The Bertz CT molecular complexity index is 535. The van der Waals surface area contributed by atoms with Crippen molar-refractivity contribution in [3.63, 3.8) is 0 Å². The summed E-state index contributed by atoms with van der Waals surface area (Å²) in [4.78, 5) is 6.37. The lowest BCUT2D eigenvalue weighted by Crippen LogP contribution is -2.39. The average Bonchev–Trinajstić information content (AvgIpc) is 2.70. The average molecular weight is 248 g/mol. The van der Waals surface area contributed by atoms with Crippen molar-refractivity contribution in [1.82, 2.24) is 14.5 Å². The summed E-state index contributed by atoms with van der Waals surface area (Å²) in [6, 6.07) is 5.81. The number of aromatic nitrogens is 2. The van der Waals surface area contributed by atoms with Crippen LogP contribution >= 0.6 is 0 Å². The van der Waals surface area contributed by atoms with Crippen LogP contribution in [0.3, 0.4) is 0 Å². The lowest BCUT2D eigenvalue weighted by Gasteiger charge is -2.29. The van der Waals surface area contributed by atoms with Gasteiger partial charge in [0.1, 0.15) is 0 Å². The van der Waals surface area contributed by atoms with Gasteiger partial charge < -0.3 is 20.3 Å². The summed E-state index contributed by atoms with van der Waals surface area (Å²) in [7, 11) is 5.89. The third kappa shape index (κ3) is 2.25. The molecule has 18 heavy (non-hydrogen) atoms. The molecule has 0 aliphatic heterocycles. The number of imidazole rings is 1. The highest BCUT2D eigenvalue weighted by molar-refractivity contribution is 5.76. The Balaban J connectivity index is 2.44. The van der Waals surface area contributed by atoms with Crippen LogP contribution in [0, 0.1) is 0 Å². The quantitative estimate of drug-likeness (QED) is 0.826. The first-order chi connectivity index (χ1) is 8.54. The molecule has 0 saturated carbocycles. The zero-order valence-electron chi connectivity index (χ0n) is 11.0. The summed E-state index contributed by atoms with van der Waals surface area (Å²) in [6.07, 6.45) is 1.80. The van der Waals surface area contributed by atoms with E-state index in [4.69, 9.17) is 5.73 Å². The minimum absolute atomic E-state index is 0.0126. The highest BCUT2D eigenvalue weighted by Gasteiger charge is 2.21. The van der Waals surface area contributed by atoms with Gasteiger partial charge in [0, 0.05) is 13.1 Å². The Morgan fingerprint density at radius 1 is 1.44 bits per heavy atom. The van der Waals surface area contributed by atoms with Gasteiger partial charge in [-0.2, -0.15) is 0 Å². The van der Waals surface area contributed by atoms with Crippen LogP contribution in [0.1, 0.15) is 11.6 Å². The first kappa shape index (κ1) is 13.0. The maximum absolute atomic E-state index is 9.26. The topological polar surface area (TPSA) is 67.3 Å². The normalized spacial score (nSPS) is 15.2. The lowest BCUT2D eigenvalue weighted by atomic mass is 9.99. The summed E-state index contributed by atoms with van der Waals surface area (Å²) in [5.74, 6) is 0. The van der Waals surface area contributed by atoms with Crippen molar-refractivity contribution in [3.05, 3.63) is 30.1 Å². The van der Waals surface area contributed by atoms with Crippen molar-refractivity contribution in [2.45, 2.75) is 12.1 Å². The van der Waals surface area contributed by atoms with Gasteiger partial charge in [-0.1, -0.05) is 6.07 Å². The molecule has 0 saturated heterocycles. The molecule has 2 rings (SSSR count). The molecule has 5 heteroatoms. The molecule has 1 aromatic carbocycles. The molecule has 0 aliphatic carbocycles. The highest BCUT2D eigenvalue weighted by atomic mass is 16.3. The monoisotopic (exact) mass is 248 g/mol. The zero-order valence-corrected chi connectivity index (χ0v) is 11.0. The maximum atomic E-state index is 9.26. The van der Waals surface area contributed by atoms with E-state index in [9.17, 15) is 5.11 Å². The molecule has 5 nitrogen and oxygen atoms in total. The second kappa shape index (κ2) is 5.06. The predicted octanol–water partition coefficient (Wildman–Crippen LogP) is 0.496. The first-order valence-electron chi connectivity index (χ1n) is 5.98. The Morgan fingerprint density at radius 2 is 2.17 bits per heavy atom. The minimum atomic E-state index is -0.304. The highest BCUT2D eigenvalue weighted by Crippen LogP contribution is 2.24. The van der Waals surface area contributed by atoms with Crippen LogP contribution in [0.25, 0.3) is 11.0 Å². The molecule has 0 aliphatic rings. The van der Waals surface area contributed by atoms with E-state index in [0.29, 0.717) is 0 Å². The van der Waals surface area contributed by atoms with Crippen molar-refractivity contribution in [2.24, 2.45) is 12.8 Å². The molecule has 0 bridgehead atoms. The number of nitrogens with two attached hydrogens (primary N) is 1. The second-order valence-corrected chi connectivity index (χ2v) is 4.86. The van der Waals surface area contributed by atoms with Crippen LogP contribution in [0.2, 0.25) is 0 Å². The summed E-state index contributed by atoms with van der Waals surface area (Å²) in [6.45, 7) is -0.0386. The van der Waals surface area contributed by atoms with Crippen LogP contribution < -0.4 is 5.73 Å². The van der Waals surface area contributed by atoms with Gasteiger partial charge in [-0.05, 0) is 31.8 Å². The summed E-state index contributed by atoms with van der Waals surface area (Å²) >= 11 is 0. The molecule has 2 unspecified atom stereocenters. The van der Waals surface area contributed by atoms with E-state index < -0.39 is 0 Å². The van der Waals surface area contributed by atoms with Crippen LogP contribution in [0.5, 0.6) is 0 Å². The van der Waals surface area contributed by atoms with Gasteiger partial charge in [0.15, 0.2) is 0 Å². The number of hydrogen-bond donors (Lipinski definition) is 2. The molecule has 98 valence electrons. The Kier molecular flexibility index (Phi) is 3.65. The molecular formula is C13H20N4O. The Morgan fingerprint density at radius 3 is 2.78 bits per heavy atom. The van der Waals surface area contributed by atoms with E-state index in [1.807, 2.05) is 48.8 Å². The molecular weight excluding hydrogens is 228 g/mol. The molecule has 0 amide bonds. The number of aryl methyl sites for hydroxylation is 1. The summed E-state index contributed by atoms with van der Waals surface area (Å²) in [5, 5.41) is 9.26. The van der Waals surface area contributed by atoms with Gasteiger partial charge in [-0.15, -0.1) is 0 Å². The molecule has 0 spiro atoms. The number of aliphatic hydroxyl groups excluding tert-OH is 1. The van der Waals surface area contributed by atoms with Crippen molar-refractivity contribution in [1.29, 1.82) is 0 Å². The third-order valence-corrected chi connectivity index (χ3v) is 3.26. The Hall–Kier alpha value is -1.43. The van der Waals surface area contributed by atoms with Crippen LogP contribution in [-0.4, -0.2) is 46.3 Å². The molecule has 1 heterocycles. The van der Waals surface area contributed by atoms with E-state index in [0.717, 1.165) is 16.6 Å². The van der Waals surface area contributed by atoms with Crippen LogP contribution in [-0.2, 0) is 7.05 Å². The predicted molar refractivity (Wildman–Crippen MR) is 72.2 cm³/mol. The van der Waals surface area contributed by atoms with Gasteiger partial charge in [0.25, 0.3) is 0 Å². The zero-order chi connectivity index (χ0) is 13.3. The smallest absolute Gasteiger partial charge is 0.0955 e. The summed E-state index contributed by atoms with van der Waals surface area (Å²) in [5.41, 5.74) is 9.10. The van der Waals surface area contributed by atoms with Crippen molar-refractivity contribution < 1.29 is 5.11 Å². The molecule has 0 fully saturated rings. The third-order valence-electron chi connectivity index (χ3n) is 3.26. The fraction of sp³-hybridized carbons (Fsp3) is 0.462. The number of aliphatic hydroxyl groups is 1. The van der Waals surface area contributed by atoms with Crippen LogP contribution in [0.4, 0.5) is 0 Å². The molecule has 2 atom stereocenters. The fourth-order valence-corrected chi connectivity index (χ4v) is 2.37. The van der Waals surface area contributed by atoms with Gasteiger partial charge in [0.2, 0.25) is 0 Å². The minimum Gasteiger partial charge on any atom is -0.395 e. The Labute approximate surface area is 107 Å². The van der Waals surface area contributed by atoms with Crippen molar-refractivity contribution in [2.75, 3.05) is 20.7 Å². The number of fused-ring (bicyclic) bond motifs is 1. The van der Waals surface area contributed by atoms with E-state index >= 15 is 0 Å². The van der Waals surface area contributed by atoms with Gasteiger partial charge in [-0.25, -0.2) is 4.98 Å². The van der Waals surface area contributed by atoms with Crippen LogP contribution in [0.15, 0.2) is 24.5 Å². The summed E-state index contributed by atoms with van der Waals surface area (Å²) < 4.78 is 1.98. The van der Waals surface area contributed by atoms with E-state index in [2.05, 4.69) is 4.98 Å². The number of rotatable bonds is 4.